The summed E-state index contributed by atoms with van der Waals surface area (Å²) in [4.78, 5) is 0. The molecule has 7 heteroatoms. The van der Waals surface area contributed by atoms with Crippen LogP contribution in [0.15, 0.2) is 36.4 Å². The van der Waals surface area contributed by atoms with E-state index in [-0.39, 0.29) is 0 Å². The van der Waals surface area contributed by atoms with E-state index < -0.39 is 17.3 Å². The van der Waals surface area contributed by atoms with Crippen molar-refractivity contribution in [2.24, 2.45) is 0 Å². The van der Waals surface area contributed by atoms with Gasteiger partial charge in [-0.1, -0.05) is 11.6 Å². The van der Waals surface area contributed by atoms with Gasteiger partial charge in [0.05, 0.1) is 27.9 Å². The Labute approximate surface area is 137 Å². The minimum absolute atomic E-state index is 0.364. The second-order valence-electron chi connectivity index (χ2n) is 4.12. The summed E-state index contributed by atoms with van der Waals surface area (Å²) >= 11 is 8.14. The highest BCUT2D eigenvalue weighted by atomic mass is 127. The zero-order valence-corrected chi connectivity index (χ0v) is 13.2. The summed E-state index contributed by atoms with van der Waals surface area (Å²) in [6.45, 7) is 0. The molecule has 0 atom stereocenters. The maximum atomic E-state index is 12.7. The Bertz CT molecular complexity index is 723. The van der Waals surface area contributed by atoms with E-state index in [9.17, 15) is 13.2 Å². The van der Waals surface area contributed by atoms with Crippen LogP contribution in [-0.2, 0) is 6.18 Å². The molecule has 108 valence electrons. The molecule has 0 radical (unpaired) electrons. The zero-order chi connectivity index (χ0) is 15.6. The van der Waals surface area contributed by atoms with Crippen LogP contribution in [0.5, 0.6) is 0 Å². The third kappa shape index (κ3) is 3.80. The number of nitrogens with one attached hydrogen (secondary N) is 1. The van der Waals surface area contributed by atoms with Crippen LogP contribution in [0.2, 0.25) is 5.02 Å². The molecule has 0 bridgehead atoms. The Kier molecular flexibility index (Phi) is 4.64. The average molecular weight is 423 g/mol. The Morgan fingerprint density at radius 2 is 1.86 bits per heavy atom. The monoisotopic (exact) mass is 422 g/mol. The molecule has 0 spiro atoms. The highest BCUT2D eigenvalue weighted by Crippen LogP contribution is 2.34. The van der Waals surface area contributed by atoms with Crippen molar-refractivity contribution in [2.75, 3.05) is 5.32 Å². The van der Waals surface area contributed by atoms with E-state index in [4.69, 9.17) is 16.9 Å². The highest BCUT2D eigenvalue weighted by molar-refractivity contribution is 14.1. The lowest BCUT2D eigenvalue weighted by molar-refractivity contribution is -0.137. The molecule has 2 aromatic carbocycles. The number of nitriles is 1. The van der Waals surface area contributed by atoms with Crippen molar-refractivity contribution in [3.05, 3.63) is 56.1 Å². The predicted molar refractivity (Wildman–Crippen MR) is 83.6 cm³/mol. The molecule has 0 saturated carbocycles. The molecule has 0 unspecified atom stereocenters. The minimum Gasteiger partial charge on any atom is -0.354 e. The van der Waals surface area contributed by atoms with E-state index in [2.05, 4.69) is 27.9 Å². The molecular weight excluding hydrogens is 416 g/mol. The number of rotatable bonds is 2. The summed E-state index contributed by atoms with van der Waals surface area (Å²) in [5.41, 5.74) is -0.471. The Balaban J connectivity index is 2.36. The molecular formula is C14H7ClF3IN2. The van der Waals surface area contributed by atoms with Crippen molar-refractivity contribution in [1.29, 1.82) is 5.26 Å². The normalized spacial score (nSPS) is 11.0. The van der Waals surface area contributed by atoms with E-state index in [0.717, 1.165) is 15.7 Å². The smallest absolute Gasteiger partial charge is 0.354 e. The Morgan fingerprint density at radius 1 is 1.14 bits per heavy atom. The Hall–Kier alpha value is -1.46. The van der Waals surface area contributed by atoms with Crippen molar-refractivity contribution in [2.45, 2.75) is 6.18 Å². The Morgan fingerprint density at radius 3 is 2.43 bits per heavy atom. The maximum absolute atomic E-state index is 12.7. The molecule has 2 nitrogen and oxygen atoms in total. The van der Waals surface area contributed by atoms with Gasteiger partial charge in [-0.3, -0.25) is 0 Å². The molecule has 0 amide bonds. The van der Waals surface area contributed by atoms with Gasteiger partial charge in [0.25, 0.3) is 0 Å². The van der Waals surface area contributed by atoms with Crippen molar-refractivity contribution in [3.8, 4) is 6.07 Å². The first kappa shape index (κ1) is 15.9. The number of hydrogen-bond acceptors (Lipinski definition) is 2. The minimum atomic E-state index is -4.55. The second kappa shape index (κ2) is 6.12. The lowest BCUT2D eigenvalue weighted by Crippen LogP contribution is -2.08. The molecule has 1 N–H and O–H groups in total. The van der Waals surface area contributed by atoms with Crippen LogP contribution in [0.1, 0.15) is 11.1 Å². The fourth-order valence-electron chi connectivity index (χ4n) is 1.71. The topological polar surface area (TPSA) is 35.8 Å². The molecule has 0 saturated heterocycles. The van der Waals surface area contributed by atoms with Crippen LogP contribution >= 0.6 is 34.2 Å². The number of halogens is 5. The highest BCUT2D eigenvalue weighted by Gasteiger charge is 2.33. The maximum Gasteiger partial charge on any atom is 0.417 e. The van der Waals surface area contributed by atoms with Crippen molar-refractivity contribution in [1.82, 2.24) is 0 Å². The third-order valence-corrected chi connectivity index (χ3v) is 3.64. The summed E-state index contributed by atoms with van der Waals surface area (Å²) in [7, 11) is 0. The van der Waals surface area contributed by atoms with Crippen LogP contribution in [0.3, 0.4) is 0 Å². The molecule has 2 aromatic rings. The fraction of sp³-hybridized carbons (Fsp3) is 0.0714. The number of nitrogens with zero attached hydrogens (tertiary/aromatic N) is 1. The standard InChI is InChI=1S/C14H7ClF3IN2/c15-12-6-9(19)1-4-13(12)21-10-2-3-11(14(16,17)18)8(5-10)7-20/h1-6,21H. The van der Waals surface area contributed by atoms with E-state index >= 15 is 0 Å². The molecule has 0 heterocycles. The van der Waals surface area contributed by atoms with Crippen LogP contribution < -0.4 is 5.32 Å². The number of anilines is 2. The van der Waals surface area contributed by atoms with Crippen molar-refractivity contribution >= 4 is 45.6 Å². The molecule has 0 aliphatic heterocycles. The van der Waals surface area contributed by atoms with Gasteiger partial charge >= 0.3 is 6.18 Å². The molecule has 0 fully saturated rings. The van der Waals surface area contributed by atoms with Gasteiger partial charge in [-0.15, -0.1) is 0 Å². The molecule has 0 aliphatic rings. The molecule has 2 rings (SSSR count). The number of alkyl halides is 3. The fourth-order valence-corrected chi connectivity index (χ4v) is 2.61. The summed E-state index contributed by atoms with van der Waals surface area (Å²) < 4.78 is 39.1. The van der Waals surface area contributed by atoms with Gasteiger partial charge in [-0.2, -0.15) is 18.4 Å². The SMILES string of the molecule is N#Cc1cc(Nc2ccc(I)cc2Cl)ccc1C(F)(F)F. The largest absolute Gasteiger partial charge is 0.417 e. The van der Waals surface area contributed by atoms with E-state index in [1.807, 2.05) is 6.07 Å². The quantitative estimate of drug-likeness (QED) is 0.642. The van der Waals surface area contributed by atoms with Crippen LogP contribution in [0.25, 0.3) is 0 Å². The van der Waals surface area contributed by atoms with Crippen LogP contribution in [0.4, 0.5) is 24.5 Å². The number of hydrogen-bond donors (Lipinski definition) is 1. The summed E-state index contributed by atoms with van der Waals surface area (Å²) in [5.74, 6) is 0. The van der Waals surface area contributed by atoms with Crippen molar-refractivity contribution < 1.29 is 13.2 Å². The first-order chi connectivity index (χ1) is 9.81. The van der Waals surface area contributed by atoms with Gasteiger partial charge in [0.2, 0.25) is 0 Å². The third-order valence-electron chi connectivity index (χ3n) is 2.66. The van der Waals surface area contributed by atoms with Gasteiger partial charge in [0.15, 0.2) is 0 Å². The first-order valence-corrected chi connectivity index (χ1v) is 7.10. The second-order valence-corrected chi connectivity index (χ2v) is 5.77. The van der Waals surface area contributed by atoms with Crippen LogP contribution in [0, 0.1) is 14.9 Å². The lowest BCUT2D eigenvalue weighted by Gasteiger charge is -2.12. The summed E-state index contributed by atoms with van der Waals surface area (Å²) in [6.07, 6.45) is -4.55. The van der Waals surface area contributed by atoms with Crippen molar-refractivity contribution in [3.63, 3.8) is 0 Å². The van der Waals surface area contributed by atoms with E-state index in [0.29, 0.717) is 16.4 Å². The van der Waals surface area contributed by atoms with Gasteiger partial charge in [-0.25, -0.2) is 0 Å². The first-order valence-electron chi connectivity index (χ1n) is 5.64. The summed E-state index contributed by atoms with van der Waals surface area (Å²) in [6, 6.07) is 10.1. The van der Waals surface area contributed by atoms with Gasteiger partial charge in [-0.05, 0) is 59.0 Å². The van der Waals surface area contributed by atoms with Gasteiger partial charge < -0.3 is 5.32 Å². The predicted octanol–water partition coefficient (Wildman–Crippen LogP) is 5.58. The summed E-state index contributed by atoms with van der Waals surface area (Å²) in [5, 5.41) is 12.2. The molecule has 21 heavy (non-hydrogen) atoms. The van der Waals surface area contributed by atoms with E-state index in [1.54, 1.807) is 18.2 Å². The molecule has 0 aliphatic carbocycles. The number of benzene rings is 2. The van der Waals surface area contributed by atoms with Crippen LogP contribution in [-0.4, -0.2) is 0 Å². The van der Waals surface area contributed by atoms with Gasteiger partial charge in [0, 0.05) is 9.26 Å². The lowest BCUT2D eigenvalue weighted by atomic mass is 10.1. The van der Waals surface area contributed by atoms with E-state index in [1.165, 1.54) is 6.07 Å². The average Bonchev–Trinajstić information content (AvgIpc) is 2.40. The zero-order valence-electron chi connectivity index (χ0n) is 10.3. The molecule has 0 aromatic heterocycles. The van der Waals surface area contributed by atoms with Gasteiger partial charge in [0.1, 0.15) is 0 Å².